The van der Waals surface area contributed by atoms with Crippen LogP contribution in [-0.4, -0.2) is 96.7 Å². The fourth-order valence-corrected chi connectivity index (χ4v) is 13.0. The summed E-state index contributed by atoms with van der Waals surface area (Å²) in [6.07, 6.45) is 72.2. The van der Waals surface area contributed by atoms with Crippen molar-refractivity contribution in [3.05, 3.63) is 48.6 Å². The molecule has 0 heterocycles. The van der Waals surface area contributed by atoms with Gasteiger partial charge in [-0.15, -0.1) is 0 Å². The molecule has 0 fully saturated rings. The summed E-state index contributed by atoms with van der Waals surface area (Å²) >= 11 is 0. The minimum Gasteiger partial charge on any atom is -0.462 e. The van der Waals surface area contributed by atoms with Crippen molar-refractivity contribution in [2.45, 2.75) is 406 Å². The van der Waals surface area contributed by atoms with Crippen molar-refractivity contribution in [2.75, 3.05) is 39.6 Å². The Hall–Kier alpha value is -2.98. The highest BCUT2D eigenvalue weighted by Crippen LogP contribution is 2.45. The Bertz CT molecular complexity index is 1940. The van der Waals surface area contributed by atoms with Crippen molar-refractivity contribution >= 4 is 39.5 Å². The van der Waals surface area contributed by atoms with E-state index in [1.807, 2.05) is 0 Å². The lowest BCUT2D eigenvalue weighted by atomic mass is 10.1. The predicted molar refractivity (Wildman–Crippen MR) is 409 cm³/mol. The Kier molecular flexibility index (Phi) is 72.1. The molecule has 0 saturated heterocycles. The molecule has 0 spiro atoms. The first-order valence-electron chi connectivity index (χ1n) is 40.9. The van der Waals surface area contributed by atoms with E-state index in [4.69, 9.17) is 37.0 Å². The van der Waals surface area contributed by atoms with Crippen LogP contribution in [0.15, 0.2) is 48.6 Å². The van der Waals surface area contributed by atoms with Crippen molar-refractivity contribution in [3.63, 3.8) is 0 Å². The van der Waals surface area contributed by atoms with Gasteiger partial charge < -0.3 is 33.8 Å². The molecule has 0 aliphatic rings. The van der Waals surface area contributed by atoms with Crippen molar-refractivity contribution in [1.82, 2.24) is 0 Å². The highest BCUT2D eigenvalue weighted by molar-refractivity contribution is 7.47. The monoisotopic (exact) mass is 1460 g/mol. The topological polar surface area (TPSA) is 237 Å². The predicted octanol–water partition coefficient (Wildman–Crippen LogP) is 23.7. The van der Waals surface area contributed by atoms with Gasteiger partial charge in [0.15, 0.2) is 12.2 Å². The first-order valence-corrected chi connectivity index (χ1v) is 43.9. The summed E-state index contributed by atoms with van der Waals surface area (Å²) in [6, 6.07) is 0. The largest absolute Gasteiger partial charge is 0.472 e. The van der Waals surface area contributed by atoms with Crippen LogP contribution in [0.1, 0.15) is 387 Å². The molecule has 0 aromatic rings. The van der Waals surface area contributed by atoms with E-state index >= 15 is 0 Å². The second-order valence-corrected chi connectivity index (χ2v) is 30.6. The second-order valence-electron chi connectivity index (χ2n) is 27.7. The molecule has 19 heteroatoms. The molecule has 0 aliphatic carbocycles. The molecule has 4 atom stereocenters. The maximum absolute atomic E-state index is 13.1. The van der Waals surface area contributed by atoms with Gasteiger partial charge in [0.05, 0.1) is 26.4 Å². The Morgan fingerprint density at radius 2 is 0.460 bits per heavy atom. The number of carbonyl (C=O) groups excluding carboxylic acids is 4. The van der Waals surface area contributed by atoms with E-state index in [9.17, 15) is 43.2 Å². The van der Waals surface area contributed by atoms with Crippen LogP contribution in [-0.2, 0) is 65.4 Å². The van der Waals surface area contributed by atoms with Crippen LogP contribution < -0.4 is 0 Å². The molecule has 0 rings (SSSR count). The number of phosphoric ester groups is 2. The highest BCUT2D eigenvalue weighted by atomic mass is 31.2. The summed E-state index contributed by atoms with van der Waals surface area (Å²) in [6.45, 7) is 4.90. The number of allylic oxidation sites excluding steroid dienone is 8. The third-order valence-corrected chi connectivity index (χ3v) is 19.6. The number of esters is 4. The molecular formula is C81H150O17P2. The average molecular weight is 1460 g/mol. The van der Waals surface area contributed by atoms with Crippen LogP contribution in [0.3, 0.4) is 0 Å². The van der Waals surface area contributed by atoms with Gasteiger partial charge in [-0.1, -0.05) is 282 Å². The van der Waals surface area contributed by atoms with Gasteiger partial charge in [0, 0.05) is 25.7 Å². The molecule has 0 aromatic heterocycles. The van der Waals surface area contributed by atoms with Gasteiger partial charge in [0.25, 0.3) is 0 Å². The molecule has 3 N–H and O–H groups in total. The van der Waals surface area contributed by atoms with Gasteiger partial charge >= 0.3 is 39.5 Å². The van der Waals surface area contributed by atoms with Gasteiger partial charge in [-0.2, -0.15) is 0 Å². The van der Waals surface area contributed by atoms with E-state index in [1.165, 1.54) is 128 Å². The number of rotatable bonds is 78. The number of aliphatic hydroxyl groups is 1. The lowest BCUT2D eigenvalue weighted by Crippen LogP contribution is -2.30. The average Bonchev–Trinajstić information content (AvgIpc) is 1.25. The van der Waals surface area contributed by atoms with Crippen LogP contribution in [0.25, 0.3) is 0 Å². The number of aliphatic hydroxyl groups excluding tert-OH is 1. The zero-order valence-electron chi connectivity index (χ0n) is 64.1. The smallest absolute Gasteiger partial charge is 0.462 e. The molecule has 0 amide bonds. The minimum atomic E-state index is -4.97. The third kappa shape index (κ3) is 73.3. The molecular weight excluding hydrogens is 1310 g/mol. The summed E-state index contributed by atoms with van der Waals surface area (Å²) < 4.78 is 68.7. The summed E-state index contributed by atoms with van der Waals surface area (Å²) in [7, 11) is -9.94. The highest BCUT2D eigenvalue weighted by Gasteiger charge is 2.30. The van der Waals surface area contributed by atoms with Crippen molar-refractivity contribution in [3.8, 4) is 0 Å². The third-order valence-electron chi connectivity index (χ3n) is 17.7. The number of phosphoric acid groups is 2. The normalized spacial score (nSPS) is 14.1. The molecule has 0 saturated carbocycles. The van der Waals surface area contributed by atoms with Crippen molar-refractivity contribution in [2.24, 2.45) is 0 Å². The standard InChI is InChI=1S/C81H150O17P2/c1-5-9-13-17-21-25-29-33-37-41-45-49-53-57-61-65-78(83)91-71-76(97-80(85)67-63-59-55-51-47-43-39-35-31-27-23-19-15-11-7-3)73-95-99(87,88)93-69-75(82)70-94-100(89,90)96-74-77(98-81(86)68-64-60-56-52-48-44-40-36-32-28-24-20-16-12-8-4)72-92-79(84)66-62-58-54-50-46-42-38-34-30-26-22-18-14-10-6-2/h27-28,31-34,37-38,75-77,82H,5-26,29-30,35-36,39-74H2,1-4H3,(H,87,88)(H,89,90)/b31-27-,32-28-,37-33-,38-34-/t76-,77-/m1/s1. The second kappa shape index (κ2) is 74.3. The number of carbonyl (C=O) groups is 4. The first-order chi connectivity index (χ1) is 48.7. The Morgan fingerprint density at radius 1 is 0.270 bits per heavy atom. The Morgan fingerprint density at radius 3 is 0.700 bits per heavy atom. The lowest BCUT2D eigenvalue weighted by Gasteiger charge is -2.21. The number of hydrogen-bond donors (Lipinski definition) is 3. The molecule has 586 valence electrons. The summed E-state index contributed by atoms with van der Waals surface area (Å²) in [5.41, 5.74) is 0. The van der Waals surface area contributed by atoms with E-state index in [0.717, 1.165) is 180 Å². The summed E-state index contributed by atoms with van der Waals surface area (Å²) in [4.78, 5) is 73.0. The van der Waals surface area contributed by atoms with Gasteiger partial charge in [0.1, 0.15) is 19.3 Å². The van der Waals surface area contributed by atoms with Gasteiger partial charge in [-0.05, 0) is 128 Å². The molecule has 100 heavy (non-hydrogen) atoms. The molecule has 0 aromatic carbocycles. The Balaban J connectivity index is 5.33. The summed E-state index contributed by atoms with van der Waals surface area (Å²) in [5.74, 6) is -2.16. The quantitative estimate of drug-likeness (QED) is 0.0169. The van der Waals surface area contributed by atoms with Crippen LogP contribution in [0.5, 0.6) is 0 Å². The number of ether oxygens (including phenoxy) is 4. The molecule has 0 bridgehead atoms. The minimum absolute atomic E-state index is 0.0935. The summed E-state index contributed by atoms with van der Waals surface area (Å²) in [5, 5.41) is 10.6. The van der Waals surface area contributed by atoms with E-state index < -0.39 is 97.5 Å². The van der Waals surface area contributed by atoms with Crippen molar-refractivity contribution < 1.29 is 80.2 Å². The maximum Gasteiger partial charge on any atom is 0.472 e. The Labute approximate surface area is 610 Å². The number of hydrogen-bond acceptors (Lipinski definition) is 15. The fraction of sp³-hybridized carbons (Fsp3) is 0.852. The van der Waals surface area contributed by atoms with Crippen LogP contribution in [0.4, 0.5) is 0 Å². The maximum atomic E-state index is 13.1. The van der Waals surface area contributed by atoms with Crippen molar-refractivity contribution in [1.29, 1.82) is 0 Å². The van der Waals surface area contributed by atoms with Crippen LogP contribution >= 0.6 is 15.6 Å². The van der Waals surface area contributed by atoms with Gasteiger partial charge in [-0.25, -0.2) is 9.13 Å². The van der Waals surface area contributed by atoms with Crippen LogP contribution in [0, 0.1) is 0 Å². The lowest BCUT2D eigenvalue weighted by molar-refractivity contribution is -0.161. The van der Waals surface area contributed by atoms with E-state index in [0.29, 0.717) is 25.7 Å². The fourth-order valence-electron chi connectivity index (χ4n) is 11.4. The molecule has 0 radical (unpaired) electrons. The molecule has 2 unspecified atom stereocenters. The zero-order valence-corrected chi connectivity index (χ0v) is 65.9. The van der Waals surface area contributed by atoms with E-state index in [1.54, 1.807) is 0 Å². The van der Waals surface area contributed by atoms with E-state index in [-0.39, 0.29) is 25.7 Å². The molecule has 17 nitrogen and oxygen atoms in total. The van der Waals surface area contributed by atoms with Gasteiger partial charge in [0.2, 0.25) is 0 Å². The SMILES string of the molecule is CCCCCC/C=C\CCCCCCCCCC(=O)O[C@H](COC(=O)CCCCCCC/C=C\CCCCCCCC)COP(=O)(O)OCC(O)COP(=O)(O)OC[C@@H](COC(=O)CCCCCCC/C=C\CCCCCCCC)OC(=O)CCCCCCCCC/C=C\CCCCCC. The van der Waals surface area contributed by atoms with Gasteiger partial charge in [-0.3, -0.25) is 37.3 Å². The van der Waals surface area contributed by atoms with E-state index in [2.05, 4.69) is 76.3 Å². The zero-order chi connectivity index (χ0) is 73.2. The molecule has 0 aliphatic heterocycles. The van der Waals surface area contributed by atoms with Crippen LogP contribution in [0.2, 0.25) is 0 Å². The first kappa shape index (κ1) is 97.0. The number of unbranched alkanes of at least 4 members (excludes halogenated alkanes) is 44.